The van der Waals surface area contributed by atoms with Crippen molar-refractivity contribution in [3.63, 3.8) is 0 Å². The van der Waals surface area contributed by atoms with E-state index in [4.69, 9.17) is 16.3 Å². The molecule has 57 heavy (non-hydrogen) atoms. The van der Waals surface area contributed by atoms with E-state index >= 15 is 0 Å². The summed E-state index contributed by atoms with van der Waals surface area (Å²) in [5.41, 5.74) is 3.85. The van der Waals surface area contributed by atoms with Gasteiger partial charge in [0.05, 0.1) is 0 Å². The van der Waals surface area contributed by atoms with Crippen LogP contribution in [0.2, 0.25) is 5.28 Å². The zero-order valence-corrected chi connectivity index (χ0v) is 34.2. The van der Waals surface area contributed by atoms with Gasteiger partial charge >= 0.3 is 6.09 Å². The third-order valence-corrected chi connectivity index (χ3v) is 10.3. The van der Waals surface area contributed by atoms with E-state index in [-0.39, 0.29) is 41.3 Å². The van der Waals surface area contributed by atoms with Gasteiger partial charge in [-0.05, 0) is 130 Å². The molecule has 1 aliphatic carbocycles. The maximum Gasteiger partial charge on any atom is 0.407 e. The summed E-state index contributed by atoms with van der Waals surface area (Å²) in [5.74, 6) is -0.276. The van der Waals surface area contributed by atoms with Gasteiger partial charge in [0.1, 0.15) is 11.6 Å². The molecule has 1 saturated carbocycles. The van der Waals surface area contributed by atoms with Crippen molar-refractivity contribution in [2.45, 2.75) is 78.4 Å². The molecule has 1 aromatic heterocycles. The normalized spacial score (nSPS) is 16.1. The van der Waals surface area contributed by atoms with Gasteiger partial charge in [-0.2, -0.15) is 10.1 Å². The van der Waals surface area contributed by atoms with Crippen LogP contribution in [0.3, 0.4) is 0 Å². The van der Waals surface area contributed by atoms with Crippen molar-refractivity contribution in [1.29, 1.82) is 0 Å². The second-order valence-corrected chi connectivity index (χ2v) is 15.8. The fraction of sp³-hybridized carbons (Fsp3) is 0.442. The quantitative estimate of drug-likeness (QED) is 0.0819. The number of amides is 4. The summed E-state index contributed by atoms with van der Waals surface area (Å²) in [4.78, 5) is 59.3. The van der Waals surface area contributed by atoms with E-state index in [0.29, 0.717) is 43.0 Å². The van der Waals surface area contributed by atoms with E-state index in [2.05, 4.69) is 55.2 Å². The minimum Gasteiger partial charge on any atom is -0.444 e. The average Bonchev–Trinajstić information content (AvgIpc) is 3.64. The smallest absolute Gasteiger partial charge is 0.407 e. The van der Waals surface area contributed by atoms with Crippen molar-refractivity contribution < 1.29 is 23.9 Å². The van der Waals surface area contributed by atoms with Crippen molar-refractivity contribution in [2.75, 3.05) is 38.0 Å². The Hall–Kier alpha value is -5.27. The van der Waals surface area contributed by atoms with Crippen LogP contribution in [-0.4, -0.2) is 88.3 Å². The average molecular weight is 799 g/mol. The highest BCUT2D eigenvalue weighted by Crippen LogP contribution is 2.29. The Morgan fingerprint density at radius 1 is 0.895 bits per heavy atom. The van der Waals surface area contributed by atoms with Crippen molar-refractivity contribution in [3.05, 3.63) is 89.2 Å². The summed E-state index contributed by atoms with van der Waals surface area (Å²) in [5, 5.41) is 18.8. The number of aromatic nitrogens is 3. The van der Waals surface area contributed by atoms with Crippen LogP contribution in [0.1, 0.15) is 76.2 Å². The maximum absolute atomic E-state index is 14.0. The van der Waals surface area contributed by atoms with Crippen LogP contribution in [-0.2, 0) is 20.7 Å². The summed E-state index contributed by atoms with van der Waals surface area (Å²) < 4.78 is 5.36. The van der Waals surface area contributed by atoms with Crippen LogP contribution < -0.4 is 21.3 Å². The van der Waals surface area contributed by atoms with E-state index in [1.807, 2.05) is 63.2 Å². The van der Waals surface area contributed by atoms with Gasteiger partial charge in [0, 0.05) is 48.8 Å². The molecule has 0 bridgehead atoms. The molecule has 4 aromatic rings. The molecule has 1 atom stereocenters. The Morgan fingerprint density at radius 3 is 2.23 bits per heavy atom. The minimum absolute atomic E-state index is 0.134. The number of ether oxygens (including phenoxy) is 1. The Kier molecular flexibility index (Phi) is 15.2. The second-order valence-electron chi connectivity index (χ2n) is 15.4. The van der Waals surface area contributed by atoms with Gasteiger partial charge in [-0.1, -0.05) is 50.2 Å². The largest absolute Gasteiger partial charge is 0.444 e. The molecular formula is C43H55ClN8O5. The fourth-order valence-corrected chi connectivity index (χ4v) is 7.02. The standard InChI is InChI=1S/C43H55ClN8O5/c1-6-52(7-2)23-22-45-38(53)34-13-9-12-33(26-34)32-11-8-10-29(24-32)25-36(40(55)47-35-20-18-30(19-21-35)37-49-41(44)51-50-37)48-39(54)31-16-14-28(15-17-31)27-46-42(56)57-43(3,4)5/h8-13,18-21,24,26,28,31,36H,6-7,14-17,22-23,25,27H2,1-5H3,(H,45,53)(H,46,56)(H,47,55)(H,48,54)(H,49,50,51). The first kappa shape index (κ1) is 42.9. The molecule has 13 nitrogen and oxygen atoms in total. The first-order valence-electron chi connectivity index (χ1n) is 19.8. The number of alkyl carbamates (subject to hydrolysis) is 1. The molecule has 0 saturated heterocycles. The van der Waals surface area contributed by atoms with E-state index in [1.165, 1.54) is 0 Å². The van der Waals surface area contributed by atoms with Crippen LogP contribution in [0.15, 0.2) is 72.8 Å². The van der Waals surface area contributed by atoms with Crippen molar-refractivity contribution in [3.8, 4) is 22.5 Å². The number of halogens is 1. The second kappa shape index (κ2) is 20.2. The zero-order valence-electron chi connectivity index (χ0n) is 33.5. The van der Waals surface area contributed by atoms with Crippen molar-refractivity contribution in [2.24, 2.45) is 11.8 Å². The lowest BCUT2D eigenvalue weighted by atomic mass is 9.81. The molecule has 5 rings (SSSR count). The van der Waals surface area contributed by atoms with Crippen LogP contribution in [0.5, 0.6) is 0 Å². The molecule has 3 aromatic carbocycles. The monoisotopic (exact) mass is 798 g/mol. The zero-order chi connectivity index (χ0) is 41.0. The lowest BCUT2D eigenvalue weighted by Gasteiger charge is -2.29. The van der Waals surface area contributed by atoms with Crippen LogP contribution in [0, 0.1) is 11.8 Å². The summed E-state index contributed by atoms with van der Waals surface area (Å²) >= 11 is 5.90. The number of hydrogen-bond donors (Lipinski definition) is 5. The van der Waals surface area contributed by atoms with Gasteiger partial charge in [0.25, 0.3) is 5.91 Å². The lowest BCUT2D eigenvalue weighted by molar-refractivity contribution is -0.130. The van der Waals surface area contributed by atoms with Crippen LogP contribution in [0.25, 0.3) is 22.5 Å². The highest BCUT2D eigenvalue weighted by Gasteiger charge is 2.30. The minimum atomic E-state index is -0.881. The molecule has 14 heteroatoms. The number of anilines is 1. The van der Waals surface area contributed by atoms with E-state index in [9.17, 15) is 19.2 Å². The third-order valence-electron chi connectivity index (χ3n) is 10.1. The first-order valence-corrected chi connectivity index (χ1v) is 20.1. The Bertz CT molecular complexity index is 1970. The predicted molar refractivity (Wildman–Crippen MR) is 223 cm³/mol. The van der Waals surface area contributed by atoms with Gasteiger partial charge < -0.3 is 30.9 Å². The highest BCUT2D eigenvalue weighted by atomic mass is 35.5. The lowest BCUT2D eigenvalue weighted by Crippen LogP contribution is -2.48. The Labute approximate surface area is 340 Å². The van der Waals surface area contributed by atoms with Crippen LogP contribution in [0.4, 0.5) is 10.5 Å². The molecule has 0 radical (unpaired) electrons. The van der Waals surface area contributed by atoms with Gasteiger partial charge in [0.15, 0.2) is 5.82 Å². The number of nitrogens with one attached hydrogen (secondary N) is 5. The highest BCUT2D eigenvalue weighted by molar-refractivity contribution is 6.28. The van der Waals surface area contributed by atoms with E-state index < -0.39 is 17.7 Å². The van der Waals surface area contributed by atoms with Crippen LogP contribution >= 0.6 is 11.6 Å². The first-order chi connectivity index (χ1) is 27.3. The molecule has 304 valence electrons. The van der Waals surface area contributed by atoms with Gasteiger partial charge in [0.2, 0.25) is 17.1 Å². The molecule has 1 heterocycles. The molecule has 1 fully saturated rings. The number of carbonyl (C=O) groups excluding carboxylic acids is 4. The van der Waals surface area contributed by atoms with Gasteiger partial charge in [-0.15, -0.1) is 0 Å². The molecule has 5 N–H and O–H groups in total. The summed E-state index contributed by atoms with van der Waals surface area (Å²) in [6.45, 7) is 13.4. The van der Waals surface area contributed by atoms with Gasteiger partial charge in [-0.3, -0.25) is 14.4 Å². The number of benzene rings is 3. The molecule has 0 spiro atoms. The topological polar surface area (TPSA) is 170 Å². The molecule has 0 aliphatic heterocycles. The van der Waals surface area contributed by atoms with Crippen molar-refractivity contribution >= 4 is 41.1 Å². The number of rotatable bonds is 16. The number of carbonyl (C=O) groups is 4. The van der Waals surface area contributed by atoms with Gasteiger partial charge in [-0.25, -0.2) is 9.89 Å². The maximum atomic E-state index is 14.0. The Morgan fingerprint density at radius 2 is 1.58 bits per heavy atom. The van der Waals surface area contributed by atoms with E-state index in [0.717, 1.165) is 54.7 Å². The number of nitrogens with zero attached hydrogens (tertiary/aromatic N) is 3. The van der Waals surface area contributed by atoms with Crippen molar-refractivity contribution in [1.82, 2.24) is 36.0 Å². The number of likely N-dealkylation sites (N-methyl/N-ethyl adjacent to an activating group) is 1. The summed E-state index contributed by atoms with van der Waals surface area (Å²) in [7, 11) is 0. The number of H-pyrrole nitrogens is 1. The SMILES string of the molecule is CCN(CC)CCNC(=O)c1cccc(-c2cccc(CC(NC(=O)C3CCC(CNC(=O)OC(C)(C)C)CC3)C(=O)Nc3ccc(-c4n[nH]c(Cl)n4)cc3)c2)c1. The molecule has 4 amide bonds. The summed E-state index contributed by atoms with van der Waals surface area (Å²) in [6, 6.07) is 21.5. The predicted octanol–water partition coefficient (Wildman–Crippen LogP) is 6.86. The Balaban J connectivity index is 1.27. The number of hydrogen-bond acceptors (Lipinski definition) is 8. The number of aromatic amines is 1. The molecular weight excluding hydrogens is 744 g/mol. The summed E-state index contributed by atoms with van der Waals surface area (Å²) in [6.07, 6.45) is 2.60. The third kappa shape index (κ3) is 13.1. The molecule has 1 aliphatic rings. The molecule has 1 unspecified atom stereocenters. The fourth-order valence-electron chi connectivity index (χ4n) is 6.90. The van der Waals surface area contributed by atoms with E-state index in [1.54, 1.807) is 30.3 Å².